The molecular formula is C17H15ClN2O4S. The zero-order valence-electron chi connectivity index (χ0n) is 13.6. The molecule has 0 heterocycles. The van der Waals surface area contributed by atoms with E-state index in [1.807, 2.05) is 6.07 Å². The monoisotopic (exact) mass is 378 g/mol. The summed E-state index contributed by atoms with van der Waals surface area (Å²) in [4.78, 5) is 12.2. The Bertz CT molecular complexity index is 932. The third-order valence-electron chi connectivity index (χ3n) is 3.39. The van der Waals surface area contributed by atoms with Crippen molar-refractivity contribution in [3.63, 3.8) is 0 Å². The highest BCUT2D eigenvalue weighted by Gasteiger charge is 2.21. The van der Waals surface area contributed by atoms with Crippen molar-refractivity contribution in [1.82, 2.24) is 4.31 Å². The molecule has 0 spiro atoms. The number of benzene rings is 2. The van der Waals surface area contributed by atoms with Gasteiger partial charge in [-0.15, -0.1) is 0 Å². The molecule has 0 unspecified atom stereocenters. The fourth-order valence-corrected chi connectivity index (χ4v) is 3.06. The number of rotatable bonds is 5. The van der Waals surface area contributed by atoms with Gasteiger partial charge >= 0.3 is 5.97 Å². The van der Waals surface area contributed by atoms with Gasteiger partial charge in [0.2, 0.25) is 10.0 Å². The first-order valence-electron chi connectivity index (χ1n) is 7.14. The van der Waals surface area contributed by atoms with Gasteiger partial charge in [-0.3, -0.25) is 0 Å². The van der Waals surface area contributed by atoms with E-state index in [0.29, 0.717) is 11.1 Å². The van der Waals surface area contributed by atoms with Gasteiger partial charge in [-0.05, 0) is 35.9 Å². The van der Waals surface area contributed by atoms with E-state index in [2.05, 4.69) is 0 Å². The van der Waals surface area contributed by atoms with Gasteiger partial charge in [-0.25, -0.2) is 17.5 Å². The molecule has 0 aliphatic rings. The molecule has 0 amide bonds. The first-order chi connectivity index (χ1) is 11.8. The van der Waals surface area contributed by atoms with E-state index in [1.165, 1.54) is 32.3 Å². The Labute approximate surface area is 151 Å². The van der Waals surface area contributed by atoms with E-state index in [0.717, 1.165) is 4.31 Å². The van der Waals surface area contributed by atoms with E-state index in [-0.39, 0.29) is 22.1 Å². The lowest BCUT2D eigenvalue weighted by atomic mass is 10.1. The minimum absolute atomic E-state index is 0.0223. The van der Waals surface area contributed by atoms with Gasteiger partial charge in [0.25, 0.3) is 0 Å². The fraction of sp³-hybridized carbons (Fsp3) is 0.176. The zero-order chi connectivity index (χ0) is 18.6. The van der Waals surface area contributed by atoms with Crippen LogP contribution in [0.3, 0.4) is 0 Å². The minimum Gasteiger partial charge on any atom is -0.457 e. The van der Waals surface area contributed by atoms with Crippen LogP contribution in [-0.2, 0) is 21.4 Å². The Morgan fingerprint density at radius 1 is 1.20 bits per heavy atom. The largest absolute Gasteiger partial charge is 0.457 e. The second-order valence-corrected chi connectivity index (χ2v) is 7.87. The van der Waals surface area contributed by atoms with Crippen molar-refractivity contribution in [2.75, 3.05) is 14.1 Å². The van der Waals surface area contributed by atoms with Crippen molar-refractivity contribution in [2.45, 2.75) is 11.5 Å². The third-order valence-corrected chi connectivity index (χ3v) is 5.53. The summed E-state index contributed by atoms with van der Waals surface area (Å²) in [7, 11) is -0.897. The quantitative estimate of drug-likeness (QED) is 0.746. The molecule has 0 aliphatic carbocycles. The normalized spacial score (nSPS) is 11.2. The summed E-state index contributed by atoms with van der Waals surface area (Å²) in [5.41, 5.74) is 1.17. The lowest BCUT2D eigenvalue weighted by Gasteiger charge is -2.13. The van der Waals surface area contributed by atoms with Gasteiger partial charge in [-0.1, -0.05) is 23.7 Å². The van der Waals surface area contributed by atoms with Crippen molar-refractivity contribution in [3.8, 4) is 6.07 Å². The van der Waals surface area contributed by atoms with E-state index < -0.39 is 16.0 Å². The Morgan fingerprint density at radius 2 is 1.84 bits per heavy atom. The molecule has 25 heavy (non-hydrogen) atoms. The number of halogens is 1. The number of nitrogens with zero attached hydrogens (tertiary/aromatic N) is 2. The van der Waals surface area contributed by atoms with Gasteiger partial charge in [0, 0.05) is 14.1 Å². The summed E-state index contributed by atoms with van der Waals surface area (Å²) in [6.07, 6.45) is 0. The lowest BCUT2D eigenvalue weighted by molar-refractivity contribution is 0.0472. The maximum atomic E-state index is 12.2. The molecule has 130 valence electrons. The van der Waals surface area contributed by atoms with Crippen molar-refractivity contribution in [2.24, 2.45) is 0 Å². The van der Waals surface area contributed by atoms with Gasteiger partial charge in [-0.2, -0.15) is 5.26 Å². The summed E-state index contributed by atoms with van der Waals surface area (Å²) in [5.74, 6) is -0.731. The van der Waals surface area contributed by atoms with Crippen LogP contribution in [0.5, 0.6) is 0 Å². The average Bonchev–Trinajstić information content (AvgIpc) is 2.60. The lowest BCUT2D eigenvalue weighted by Crippen LogP contribution is -2.22. The van der Waals surface area contributed by atoms with Crippen molar-refractivity contribution in [3.05, 3.63) is 64.2 Å². The number of esters is 1. The first-order valence-corrected chi connectivity index (χ1v) is 8.95. The molecule has 0 radical (unpaired) electrons. The number of hydrogen-bond donors (Lipinski definition) is 0. The SMILES string of the molecule is CN(C)S(=O)(=O)c1ccc(Cl)c(C(=O)OCc2ccc(C#N)cc2)c1. The molecule has 0 atom stereocenters. The molecule has 0 bridgehead atoms. The van der Waals surface area contributed by atoms with Crippen LogP contribution in [0.15, 0.2) is 47.4 Å². The number of sulfonamides is 1. The smallest absolute Gasteiger partial charge is 0.340 e. The highest BCUT2D eigenvalue weighted by molar-refractivity contribution is 7.89. The van der Waals surface area contributed by atoms with Crippen LogP contribution in [0.4, 0.5) is 0 Å². The Balaban J connectivity index is 2.20. The van der Waals surface area contributed by atoms with Crippen LogP contribution in [0, 0.1) is 11.3 Å². The Morgan fingerprint density at radius 3 is 2.40 bits per heavy atom. The van der Waals surface area contributed by atoms with Gasteiger partial charge in [0.15, 0.2) is 0 Å². The van der Waals surface area contributed by atoms with Gasteiger partial charge in [0.05, 0.1) is 27.1 Å². The number of ether oxygens (including phenoxy) is 1. The third kappa shape index (κ3) is 4.37. The van der Waals surface area contributed by atoms with Crippen LogP contribution in [0.2, 0.25) is 5.02 Å². The van der Waals surface area contributed by atoms with Crippen LogP contribution in [-0.4, -0.2) is 32.8 Å². The number of hydrogen-bond acceptors (Lipinski definition) is 5. The molecule has 2 aromatic carbocycles. The van der Waals surface area contributed by atoms with Crippen LogP contribution < -0.4 is 0 Å². The maximum Gasteiger partial charge on any atom is 0.340 e. The van der Waals surface area contributed by atoms with Gasteiger partial charge < -0.3 is 4.74 Å². The van der Waals surface area contributed by atoms with Crippen LogP contribution in [0.1, 0.15) is 21.5 Å². The highest BCUT2D eigenvalue weighted by atomic mass is 35.5. The Kier molecular flexibility index (Phi) is 5.80. The van der Waals surface area contributed by atoms with Crippen molar-refractivity contribution >= 4 is 27.6 Å². The fourth-order valence-electron chi connectivity index (χ4n) is 1.93. The highest BCUT2D eigenvalue weighted by Crippen LogP contribution is 2.23. The summed E-state index contributed by atoms with van der Waals surface area (Å²) in [6.45, 7) is -0.0223. The standard InChI is InChI=1S/C17H15ClN2O4S/c1-20(2)25(22,23)14-7-8-16(18)15(9-14)17(21)24-11-13-5-3-12(10-19)4-6-13/h3-9H,11H2,1-2H3. The van der Waals surface area contributed by atoms with Crippen molar-refractivity contribution < 1.29 is 17.9 Å². The summed E-state index contributed by atoms with van der Waals surface area (Å²) >= 11 is 6.00. The predicted octanol–water partition coefficient (Wildman–Crippen LogP) is 2.82. The van der Waals surface area contributed by atoms with Gasteiger partial charge in [0.1, 0.15) is 6.61 Å². The molecule has 8 heteroatoms. The molecule has 6 nitrogen and oxygen atoms in total. The molecule has 0 saturated carbocycles. The van der Waals surface area contributed by atoms with E-state index in [1.54, 1.807) is 24.3 Å². The molecule has 0 saturated heterocycles. The maximum absolute atomic E-state index is 12.2. The summed E-state index contributed by atoms with van der Waals surface area (Å²) in [5, 5.41) is 8.85. The molecule has 0 aromatic heterocycles. The second kappa shape index (κ2) is 7.66. The topological polar surface area (TPSA) is 87.5 Å². The molecule has 2 aromatic rings. The van der Waals surface area contributed by atoms with E-state index in [9.17, 15) is 13.2 Å². The molecule has 0 aliphatic heterocycles. The second-order valence-electron chi connectivity index (χ2n) is 5.31. The molecule has 0 fully saturated rings. The first kappa shape index (κ1) is 18.9. The van der Waals surface area contributed by atoms with E-state index >= 15 is 0 Å². The Hall–Kier alpha value is -2.40. The number of nitriles is 1. The summed E-state index contributed by atoms with van der Waals surface area (Å²) in [6, 6.07) is 12.4. The number of carbonyl (C=O) groups is 1. The predicted molar refractivity (Wildman–Crippen MR) is 92.6 cm³/mol. The minimum atomic E-state index is -3.69. The van der Waals surface area contributed by atoms with Crippen molar-refractivity contribution in [1.29, 1.82) is 5.26 Å². The molecule has 0 N–H and O–H groups in total. The zero-order valence-corrected chi connectivity index (χ0v) is 15.1. The van der Waals surface area contributed by atoms with Crippen LogP contribution >= 0.6 is 11.6 Å². The average molecular weight is 379 g/mol. The van der Waals surface area contributed by atoms with E-state index in [4.69, 9.17) is 21.6 Å². The molecule has 2 rings (SSSR count). The summed E-state index contributed by atoms with van der Waals surface area (Å²) < 4.78 is 30.6. The molecular weight excluding hydrogens is 364 g/mol. The van der Waals surface area contributed by atoms with Crippen LogP contribution in [0.25, 0.3) is 0 Å². The number of carbonyl (C=O) groups excluding carboxylic acids is 1.